The highest BCUT2D eigenvalue weighted by atomic mass is 16.2. The summed E-state index contributed by atoms with van der Waals surface area (Å²) in [6, 6.07) is 17.1. The molecule has 1 aliphatic heterocycles. The number of aromatic nitrogens is 2. The molecular weight excluding hydrogens is 426 g/mol. The number of fused-ring (bicyclic) bond motifs is 1. The van der Waals surface area contributed by atoms with Gasteiger partial charge in [-0.25, -0.2) is 9.97 Å². The van der Waals surface area contributed by atoms with Crippen molar-refractivity contribution in [2.75, 3.05) is 58.7 Å². The lowest BCUT2D eigenvalue weighted by Gasteiger charge is -2.34. The number of anilines is 1. The first-order valence-electron chi connectivity index (χ1n) is 11.7. The lowest BCUT2D eigenvalue weighted by atomic mass is 10.1. The molecule has 2 heterocycles. The zero-order valence-electron chi connectivity index (χ0n) is 19.9. The summed E-state index contributed by atoms with van der Waals surface area (Å²) in [6.07, 6.45) is 1.04. The van der Waals surface area contributed by atoms with Crippen LogP contribution in [0.3, 0.4) is 0 Å². The van der Waals surface area contributed by atoms with Crippen LogP contribution in [0.4, 0.5) is 5.82 Å². The first kappa shape index (κ1) is 23.6. The van der Waals surface area contributed by atoms with Crippen molar-refractivity contribution in [1.82, 2.24) is 24.7 Å². The van der Waals surface area contributed by atoms with Crippen molar-refractivity contribution >= 4 is 22.6 Å². The standard InChI is InChI=1S/C26H31N7O/c1-31(2)12-6-11-28-25-22-9-3-4-10-23(22)29-24(30-25)19-32-13-15-33(16-14-32)26(34)21-8-5-7-20(17-21)18-27/h3-5,7-10,17H,6,11-16,19H2,1-2H3,(H,28,29,30). The summed E-state index contributed by atoms with van der Waals surface area (Å²) in [5.74, 6) is 1.64. The number of nitrogens with one attached hydrogen (secondary N) is 1. The maximum atomic E-state index is 12.9. The van der Waals surface area contributed by atoms with E-state index in [-0.39, 0.29) is 5.91 Å². The molecule has 2 aromatic carbocycles. The van der Waals surface area contributed by atoms with Crippen LogP contribution in [0.1, 0.15) is 28.2 Å². The maximum absolute atomic E-state index is 12.9. The number of nitrogens with zero attached hydrogens (tertiary/aromatic N) is 6. The van der Waals surface area contributed by atoms with E-state index in [1.54, 1.807) is 24.3 Å². The Bertz CT molecular complexity index is 1180. The Balaban J connectivity index is 1.39. The Hall–Kier alpha value is -3.54. The van der Waals surface area contributed by atoms with E-state index in [9.17, 15) is 4.79 Å². The smallest absolute Gasteiger partial charge is 0.253 e. The minimum atomic E-state index is -0.0251. The number of hydrogen-bond acceptors (Lipinski definition) is 7. The minimum Gasteiger partial charge on any atom is -0.369 e. The molecule has 0 aliphatic carbocycles. The lowest BCUT2D eigenvalue weighted by Crippen LogP contribution is -2.48. The normalized spacial score (nSPS) is 14.4. The number of amides is 1. The topological polar surface area (TPSA) is 88.4 Å². The molecule has 0 saturated carbocycles. The van der Waals surface area contributed by atoms with E-state index in [1.807, 2.05) is 23.1 Å². The number of piperazine rings is 1. The van der Waals surface area contributed by atoms with Crippen LogP contribution < -0.4 is 5.32 Å². The number of benzene rings is 2. The van der Waals surface area contributed by atoms with Gasteiger partial charge in [-0.3, -0.25) is 9.69 Å². The van der Waals surface area contributed by atoms with Crippen LogP contribution in [0.2, 0.25) is 0 Å². The summed E-state index contributed by atoms with van der Waals surface area (Å²) < 4.78 is 0. The van der Waals surface area contributed by atoms with Gasteiger partial charge in [0.15, 0.2) is 0 Å². The first-order chi connectivity index (χ1) is 16.5. The van der Waals surface area contributed by atoms with Gasteiger partial charge in [0.25, 0.3) is 5.91 Å². The van der Waals surface area contributed by atoms with Crippen molar-refractivity contribution in [3.63, 3.8) is 0 Å². The second-order valence-corrected chi connectivity index (χ2v) is 8.85. The highest BCUT2D eigenvalue weighted by molar-refractivity contribution is 5.94. The van der Waals surface area contributed by atoms with Gasteiger partial charge >= 0.3 is 0 Å². The van der Waals surface area contributed by atoms with E-state index >= 15 is 0 Å². The summed E-state index contributed by atoms with van der Waals surface area (Å²) in [5.41, 5.74) is 2.01. The largest absolute Gasteiger partial charge is 0.369 e. The van der Waals surface area contributed by atoms with Crippen LogP contribution in [0.5, 0.6) is 0 Å². The van der Waals surface area contributed by atoms with Crippen LogP contribution in [-0.2, 0) is 6.54 Å². The summed E-state index contributed by atoms with van der Waals surface area (Å²) in [6.45, 7) is 5.30. The average molecular weight is 458 g/mol. The van der Waals surface area contributed by atoms with Gasteiger partial charge in [0.2, 0.25) is 0 Å². The molecule has 1 aromatic heterocycles. The van der Waals surface area contributed by atoms with Crippen molar-refractivity contribution < 1.29 is 4.79 Å². The van der Waals surface area contributed by atoms with E-state index in [0.717, 1.165) is 55.1 Å². The van der Waals surface area contributed by atoms with Gasteiger partial charge in [0, 0.05) is 43.7 Å². The fourth-order valence-corrected chi connectivity index (χ4v) is 4.15. The van der Waals surface area contributed by atoms with Gasteiger partial charge in [0.1, 0.15) is 11.6 Å². The van der Waals surface area contributed by atoms with Gasteiger partial charge in [0.05, 0.1) is 23.7 Å². The Morgan fingerprint density at radius 2 is 1.88 bits per heavy atom. The number of carbonyl (C=O) groups excluding carboxylic acids is 1. The maximum Gasteiger partial charge on any atom is 0.253 e. The molecule has 0 atom stereocenters. The van der Waals surface area contributed by atoms with Gasteiger partial charge < -0.3 is 15.1 Å². The summed E-state index contributed by atoms with van der Waals surface area (Å²) in [7, 11) is 4.16. The van der Waals surface area contributed by atoms with E-state index < -0.39 is 0 Å². The molecule has 1 N–H and O–H groups in total. The van der Waals surface area contributed by atoms with Gasteiger partial charge in [-0.2, -0.15) is 5.26 Å². The second-order valence-electron chi connectivity index (χ2n) is 8.85. The minimum absolute atomic E-state index is 0.0251. The quantitative estimate of drug-likeness (QED) is 0.521. The molecule has 176 valence electrons. The molecular formula is C26H31N7O. The third-order valence-corrected chi connectivity index (χ3v) is 5.99. The number of para-hydroxylation sites is 1. The molecule has 0 unspecified atom stereocenters. The molecule has 4 rings (SSSR count). The van der Waals surface area contributed by atoms with E-state index in [2.05, 4.69) is 41.3 Å². The molecule has 1 fully saturated rings. The molecule has 1 aliphatic rings. The lowest BCUT2D eigenvalue weighted by molar-refractivity contribution is 0.0625. The van der Waals surface area contributed by atoms with Crippen molar-refractivity contribution in [1.29, 1.82) is 5.26 Å². The zero-order valence-corrected chi connectivity index (χ0v) is 19.9. The summed E-state index contributed by atoms with van der Waals surface area (Å²) in [4.78, 5) is 28.8. The van der Waals surface area contributed by atoms with Crippen molar-refractivity contribution in [2.24, 2.45) is 0 Å². The predicted molar refractivity (Wildman–Crippen MR) is 134 cm³/mol. The Morgan fingerprint density at radius 1 is 1.09 bits per heavy atom. The van der Waals surface area contributed by atoms with Crippen LogP contribution in [-0.4, -0.2) is 83.9 Å². The van der Waals surface area contributed by atoms with Gasteiger partial charge in [-0.15, -0.1) is 0 Å². The molecule has 34 heavy (non-hydrogen) atoms. The van der Waals surface area contributed by atoms with Crippen LogP contribution in [0, 0.1) is 11.3 Å². The molecule has 8 heteroatoms. The average Bonchev–Trinajstić information content (AvgIpc) is 2.86. The number of carbonyl (C=O) groups is 1. The molecule has 8 nitrogen and oxygen atoms in total. The molecule has 0 bridgehead atoms. The molecule has 0 radical (unpaired) electrons. The zero-order chi connectivity index (χ0) is 23.9. The Labute approximate surface area is 200 Å². The van der Waals surface area contributed by atoms with Gasteiger partial charge in [-0.05, 0) is 57.4 Å². The summed E-state index contributed by atoms with van der Waals surface area (Å²) >= 11 is 0. The predicted octanol–water partition coefficient (Wildman–Crippen LogP) is 2.82. The van der Waals surface area contributed by atoms with E-state index in [0.29, 0.717) is 30.8 Å². The highest BCUT2D eigenvalue weighted by Gasteiger charge is 2.23. The fraction of sp³-hybridized carbons (Fsp3) is 0.385. The van der Waals surface area contributed by atoms with Crippen molar-refractivity contribution in [2.45, 2.75) is 13.0 Å². The third-order valence-electron chi connectivity index (χ3n) is 5.99. The molecule has 1 amide bonds. The summed E-state index contributed by atoms with van der Waals surface area (Å²) in [5, 5.41) is 13.6. The van der Waals surface area contributed by atoms with Crippen molar-refractivity contribution in [3.05, 3.63) is 65.5 Å². The monoisotopic (exact) mass is 457 g/mol. The SMILES string of the molecule is CN(C)CCCNc1nc(CN2CCN(C(=O)c3cccc(C#N)c3)CC2)nc2ccccc12. The Morgan fingerprint density at radius 3 is 2.65 bits per heavy atom. The van der Waals surface area contributed by atoms with Crippen LogP contribution in [0.15, 0.2) is 48.5 Å². The number of hydrogen-bond donors (Lipinski definition) is 1. The number of rotatable bonds is 8. The molecule has 0 spiro atoms. The first-order valence-corrected chi connectivity index (χ1v) is 11.7. The van der Waals surface area contributed by atoms with E-state index in [4.69, 9.17) is 15.2 Å². The Kier molecular flexibility index (Phi) is 7.68. The van der Waals surface area contributed by atoms with E-state index in [1.165, 1.54) is 0 Å². The van der Waals surface area contributed by atoms with Crippen molar-refractivity contribution in [3.8, 4) is 6.07 Å². The second kappa shape index (κ2) is 11.1. The fourth-order valence-electron chi connectivity index (χ4n) is 4.15. The molecule has 3 aromatic rings. The number of nitriles is 1. The van der Waals surface area contributed by atoms with Gasteiger partial charge in [-0.1, -0.05) is 18.2 Å². The third kappa shape index (κ3) is 5.87. The molecule has 1 saturated heterocycles. The van der Waals surface area contributed by atoms with Crippen LogP contribution in [0.25, 0.3) is 10.9 Å². The van der Waals surface area contributed by atoms with Crippen LogP contribution >= 0.6 is 0 Å². The highest BCUT2D eigenvalue weighted by Crippen LogP contribution is 2.21.